The Morgan fingerprint density at radius 2 is 1.57 bits per heavy atom. The normalized spacial score (nSPS) is 17.6. The Balaban J connectivity index is 1.26. The van der Waals surface area contributed by atoms with Crippen LogP contribution in [-0.4, -0.2) is 108 Å². The van der Waals surface area contributed by atoms with Crippen molar-refractivity contribution in [3.63, 3.8) is 0 Å². The second-order valence-corrected chi connectivity index (χ2v) is 14.2. The molecular formula is C42H49N7O9. The number of morpholine rings is 1. The van der Waals surface area contributed by atoms with Crippen LogP contribution in [0.25, 0.3) is 11.1 Å². The number of oxazole rings is 1. The van der Waals surface area contributed by atoms with Gasteiger partial charge in [0.25, 0.3) is 5.89 Å². The molecule has 0 radical (unpaired) electrons. The summed E-state index contributed by atoms with van der Waals surface area (Å²) >= 11 is 0. The first-order valence-electron chi connectivity index (χ1n) is 19.5. The molecule has 2 saturated heterocycles. The number of ketones is 2. The molecule has 0 bridgehead atoms. The average molecular weight is 796 g/mol. The zero-order valence-corrected chi connectivity index (χ0v) is 32.2. The van der Waals surface area contributed by atoms with E-state index in [-0.39, 0.29) is 57.2 Å². The summed E-state index contributed by atoms with van der Waals surface area (Å²) < 4.78 is 22.7. The highest BCUT2D eigenvalue weighted by Crippen LogP contribution is 2.29. The van der Waals surface area contributed by atoms with Crippen LogP contribution in [-0.2, 0) is 36.8 Å². The number of nitrogens with zero attached hydrogens (tertiary/aromatic N) is 4. The van der Waals surface area contributed by atoms with Crippen LogP contribution in [0, 0.1) is 5.92 Å². The summed E-state index contributed by atoms with van der Waals surface area (Å²) in [6, 6.07) is 23.2. The van der Waals surface area contributed by atoms with E-state index >= 15 is 0 Å². The highest BCUT2D eigenvalue weighted by atomic mass is 16.6. The quantitative estimate of drug-likeness (QED) is 0.0597. The molecule has 16 heteroatoms. The molecule has 306 valence electrons. The van der Waals surface area contributed by atoms with Gasteiger partial charge in [-0.25, -0.2) is 14.6 Å². The highest BCUT2D eigenvalue weighted by Gasteiger charge is 2.47. The summed E-state index contributed by atoms with van der Waals surface area (Å²) in [5, 5.41) is 2.74. The predicted molar refractivity (Wildman–Crippen MR) is 212 cm³/mol. The molecule has 3 amide bonds. The summed E-state index contributed by atoms with van der Waals surface area (Å²) in [6.07, 6.45) is -1.52. The Hall–Kier alpha value is -6.29. The fraction of sp³-hybridized carbons (Fsp3) is 0.405. The third kappa shape index (κ3) is 11.2. The molecule has 0 saturated carbocycles. The van der Waals surface area contributed by atoms with E-state index in [1.807, 2.05) is 60.7 Å². The van der Waals surface area contributed by atoms with Crippen molar-refractivity contribution in [1.29, 1.82) is 0 Å². The Kier molecular flexibility index (Phi) is 14.4. The van der Waals surface area contributed by atoms with Crippen molar-refractivity contribution in [2.45, 2.75) is 63.3 Å². The number of aliphatic imine (C=N–C) groups is 1. The number of carbonyl (C=O) groups is 5. The third-order valence-electron chi connectivity index (χ3n) is 10.2. The molecule has 4 aromatic rings. The number of carbonyl (C=O) groups excluding carboxylic acids is 5. The molecule has 0 aliphatic carbocycles. The second kappa shape index (κ2) is 20.2. The molecule has 1 aromatic heterocycles. The largest absolute Gasteiger partial charge is 0.445 e. The van der Waals surface area contributed by atoms with Crippen LogP contribution in [0.4, 0.5) is 9.59 Å². The van der Waals surface area contributed by atoms with Crippen molar-refractivity contribution < 1.29 is 42.6 Å². The zero-order valence-electron chi connectivity index (χ0n) is 32.2. The van der Waals surface area contributed by atoms with Crippen LogP contribution in [0.3, 0.4) is 0 Å². The molecule has 2 fully saturated rings. The molecule has 0 unspecified atom stereocenters. The number of guanidine groups is 1. The maximum atomic E-state index is 14.7. The molecule has 3 heterocycles. The molecule has 58 heavy (non-hydrogen) atoms. The number of likely N-dealkylation sites (tertiary alicyclic amines) is 1. The van der Waals surface area contributed by atoms with Gasteiger partial charge in [-0.2, -0.15) is 0 Å². The van der Waals surface area contributed by atoms with Crippen molar-refractivity contribution >= 4 is 46.7 Å². The van der Waals surface area contributed by atoms with E-state index < -0.39 is 53.8 Å². The summed E-state index contributed by atoms with van der Waals surface area (Å²) in [5.41, 5.74) is 13.7. The second-order valence-electron chi connectivity index (χ2n) is 14.2. The van der Waals surface area contributed by atoms with Gasteiger partial charge in [0.1, 0.15) is 30.3 Å². The van der Waals surface area contributed by atoms with E-state index in [9.17, 15) is 24.0 Å². The SMILES string of the molecule is NC(N)=NCCC[C@H](CC(=O)[C@@H]1[C@@H](OC(=O)N2CCOCC2)CCN1C(=O)[C@@H](CCc1ccccc1)NC(=O)OCc1ccccc1)C(=O)c1nc2ccccc2o1. The van der Waals surface area contributed by atoms with Crippen molar-refractivity contribution in [3.05, 3.63) is 102 Å². The number of nitrogens with two attached hydrogens (primary N) is 2. The van der Waals surface area contributed by atoms with Crippen LogP contribution >= 0.6 is 0 Å². The van der Waals surface area contributed by atoms with Gasteiger partial charge in [-0.15, -0.1) is 0 Å². The molecule has 2 aliphatic heterocycles. The van der Waals surface area contributed by atoms with Gasteiger partial charge >= 0.3 is 12.2 Å². The first-order valence-corrected chi connectivity index (χ1v) is 19.5. The molecule has 3 aromatic carbocycles. The number of para-hydroxylation sites is 2. The smallest absolute Gasteiger partial charge is 0.410 e. The van der Waals surface area contributed by atoms with Gasteiger partial charge in [0.2, 0.25) is 11.7 Å². The number of ether oxygens (including phenoxy) is 3. The fourth-order valence-corrected chi connectivity index (χ4v) is 7.17. The molecule has 2 aliphatic rings. The molecular weight excluding hydrogens is 747 g/mol. The van der Waals surface area contributed by atoms with E-state index in [1.54, 1.807) is 24.3 Å². The lowest BCUT2D eigenvalue weighted by molar-refractivity contribution is -0.141. The topological polar surface area (TPSA) is 222 Å². The minimum absolute atomic E-state index is 0.0185. The molecule has 5 N–H and O–H groups in total. The van der Waals surface area contributed by atoms with Crippen LogP contribution in [0.15, 0.2) is 94.3 Å². The van der Waals surface area contributed by atoms with Crippen LogP contribution in [0.2, 0.25) is 0 Å². The first-order chi connectivity index (χ1) is 28.2. The van der Waals surface area contributed by atoms with Crippen LogP contribution in [0.5, 0.6) is 0 Å². The maximum absolute atomic E-state index is 14.7. The van der Waals surface area contributed by atoms with E-state index in [0.717, 1.165) is 11.1 Å². The number of fused-ring (bicyclic) bond motifs is 1. The first kappa shape index (κ1) is 41.3. The Morgan fingerprint density at radius 3 is 2.28 bits per heavy atom. The number of hydrogen-bond donors (Lipinski definition) is 3. The number of benzene rings is 3. The Labute approximate surface area is 335 Å². The minimum atomic E-state index is -1.27. The van der Waals surface area contributed by atoms with Gasteiger partial charge in [-0.05, 0) is 48.9 Å². The summed E-state index contributed by atoms with van der Waals surface area (Å²) in [5.74, 6) is -2.77. The highest BCUT2D eigenvalue weighted by molar-refractivity contribution is 6.00. The fourth-order valence-electron chi connectivity index (χ4n) is 7.17. The molecule has 6 rings (SSSR count). The number of amides is 3. The standard InChI is InChI=1S/C42H49N7O9/c43-40(44)45-20-9-14-30(37(51)38-46-31-15-7-8-16-34(31)57-38)26-33(50)36-35(58-42(54)48-22-24-55-25-23-48)19-21-49(36)39(52)32(18-17-28-10-3-1-4-11-28)47-41(53)56-27-29-12-5-2-6-13-29/h1-8,10-13,15-16,30,32,35-36H,9,14,17-27H2,(H,47,53)(H4,43,44,45)/t30-,32-,35+,36-/m1/s1. The van der Waals surface area contributed by atoms with E-state index in [0.29, 0.717) is 50.2 Å². The van der Waals surface area contributed by atoms with Gasteiger partial charge in [0, 0.05) is 44.9 Å². The Morgan fingerprint density at radius 1 is 0.879 bits per heavy atom. The van der Waals surface area contributed by atoms with Gasteiger partial charge in [0.15, 0.2) is 17.3 Å². The van der Waals surface area contributed by atoms with Crippen molar-refractivity contribution in [2.24, 2.45) is 22.4 Å². The van der Waals surface area contributed by atoms with Crippen LogP contribution in [0.1, 0.15) is 53.9 Å². The van der Waals surface area contributed by atoms with Crippen molar-refractivity contribution in [3.8, 4) is 0 Å². The lowest BCUT2D eigenvalue weighted by atomic mass is 9.89. The average Bonchev–Trinajstić information content (AvgIpc) is 3.88. The monoisotopic (exact) mass is 795 g/mol. The number of alkyl carbamates (subject to hydrolysis) is 1. The summed E-state index contributed by atoms with van der Waals surface area (Å²) in [7, 11) is 0. The number of aryl methyl sites for hydroxylation is 1. The van der Waals surface area contributed by atoms with Gasteiger partial charge in [-0.1, -0.05) is 72.8 Å². The van der Waals surface area contributed by atoms with Crippen LogP contribution < -0.4 is 16.8 Å². The summed E-state index contributed by atoms with van der Waals surface area (Å²) in [4.78, 5) is 81.2. The van der Waals surface area contributed by atoms with Gasteiger partial charge < -0.3 is 45.2 Å². The lowest BCUT2D eigenvalue weighted by Crippen LogP contribution is -2.54. The number of aromatic nitrogens is 1. The molecule has 0 spiro atoms. The van der Waals surface area contributed by atoms with E-state index in [4.69, 9.17) is 30.1 Å². The molecule has 16 nitrogen and oxygen atoms in total. The number of Topliss-reactive ketones (excluding diaryl/α,β-unsaturated/α-hetero) is 2. The Bertz CT molecular complexity index is 2020. The van der Waals surface area contributed by atoms with E-state index in [1.165, 1.54) is 9.80 Å². The minimum Gasteiger partial charge on any atom is -0.445 e. The van der Waals surface area contributed by atoms with Crippen molar-refractivity contribution in [2.75, 3.05) is 39.4 Å². The van der Waals surface area contributed by atoms with Gasteiger partial charge in [-0.3, -0.25) is 19.4 Å². The zero-order chi connectivity index (χ0) is 40.9. The van der Waals surface area contributed by atoms with E-state index in [2.05, 4.69) is 15.3 Å². The predicted octanol–water partition coefficient (Wildman–Crippen LogP) is 4.01. The van der Waals surface area contributed by atoms with Gasteiger partial charge in [0.05, 0.1) is 13.2 Å². The third-order valence-corrected chi connectivity index (χ3v) is 10.2. The lowest BCUT2D eigenvalue weighted by Gasteiger charge is -2.32. The maximum Gasteiger partial charge on any atom is 0.410 e. The number of hydrogen-bond acceptors (Lipinski definition) is 11. The van der Waals surface area contributed by atoms with Crippen molar-refractivity contribution in [1.82, 2.24) is 20.1 Å². The number of rotatable bonds is 17. The summed E-state index contributed by atoms with van der Waals surface area (Å²) in [6.45, 7) is 1.52. The number of nitrogens with one attached hydrogen (secondary N) is 1. The molecule has 4 atom stereocenters.